The summed E-state index contributed by atoms with van der Waals surface area (Å²) >= 11 is 13.6. The van der Waals surface area contributed by atoms with Crippen LogP contribution >= 0.6 is 47.5 Å². The largest absolute Gasteiger partial charge is 4.00 e. The van der Waals surface area contributed by atoms with Gasteiger partial charge in [-0.25, -0.2) is 47.5 Å². The second-order valence-corrected chi connectivity index (χ2v) is 0. The maximum absolute atomic E-state index is 7.72. The van der Waals surface area contributed by atoms with E-state index in [-0.39, 0.29) is 42.6 Å². The average molecular weight is 351 g/mol. The topological polar surface area (TPSA) is 187 Å². The minimum Gasteiger partial charge on any atom is -0.769 e. The molecule has 6 N–H and O–H groups in total. The molecule has 0 unspecified atom stereocenters. The van der Waals surface area contributed by atoms with Crippen molar-refractivity contribution in [2.45, 2.75) is 0 Å². The molecule has 0 saturated heterocycles. The smallest absolute Gasteiger partial charge is 0.769 e. The van der Waals surface area contributed by atoms with Gasteiger partial charge in [0, 0.05) is 0 Å². The summed E-state index contributed by atoms with van der Waals surface area (Å²) in [4.78, 5) is 0. The fourth-order valence-electron chi connectivity index (χ4n) is 0. The minimum absolute atomic E-state index is 0. The Kier molecular flexibility index (Phi) is 3200. The number of hydrogen-bond acceptors (Lipinski definition) is 4. The zero-order chi connectivity index (χ0) is 8.00. The van der Waals surface area contributed by atoms with E-state index in [9.17, 15) is 0 Å². The normalized spacial score (nSPS) is 2.00. The molecule has 0 heterocycles. The molecule has 0 aliphatic heterocycles. The second-order valence-electron chi connectivity index (χ2n) is 0. The Hall–Kier alpha value is 1.76. The Morgan fingerprint density at radius 2 is 0.417 bits per heavy atom. The van der Waals surface area contributed by atoms with Gasteiger partial charge in [-0.2, -0.15) is 0 Å². The van der Waals surface area contributed by atoms with Crippen molar-refractivity contribution in [1.82, 2.24) is 0 Å². The van der Waals surface area contributed by atoms with Crippen molar-refractivity contribution >= 4 is 47.5 Å². The molecule has 0 atom stereocenters. The van der Waals surface area contributed by atoms with Crippen LogP contribution in [0.15, 0.2) is 0 Å². The zero-order valence-corrected chi connectivity index (χ0v) is 10.6. The van der Waals surface area contributed by atoms with Crippen LogP contribution in [0.5, 0.6) is 0 Å². The van der Waals surface area contributed by atoms with Crippen LogP contribution < -0.4 is 18.6 Å². The quantitative estimate of drug-likeness (QED) is 0.426. The summed E-state index contributed by atoms with van der Waals surface area (Å²) in [6.45, 7) is 0. The van der Waals surface area contributed by atoms with Crippen LogP contribution in [0.1, 0.15) is 0 Å². The first-order valence-corrected chi connectivity index (χ1v) is 1.85. The first-order valence-electron chi connectivity index (χ1n) is 0.617. The molecular weight excluding hydrogens is 345 g/mol. The summed E-state index contributed by atoms with van der Waals surface area (Å²) in [5.74, 6) is 0. The molecule has 0 bridgehead atoms. The van der Waals surface area contributed by atoms with Crippen LogP contribution in [-0.4, -0.2) is 16.4 Å². The molecule has 0 spiro atoms. The molecule has 0 radical (unpaired) electrons. The first-order chi connectivity index (χ1) is 4.00. The van der Waals surface area contributed by atoms with Gasteiger partial charge in [-0.15, -0.1) is 0 Å². The molecule has 12 heteroatoms. The van der Waals surface area contributed by atoms with Gasteiger partial charge in [0.25, 0.3) is 0 Å². The van der Waals surface area contributed by atoms with Crippen molar-refractivity contribution in [1.29, 1.82) is 0 Å². The number of hydrogen-bond donors (Lipinski definition) is 0. The van der Waals surface area contributed by atoms with Crippen LogP contribution in [0.2, 0.25) is 0 Å². The third-order valence-electron chi connectivity index (χ3n) is 0. The Labute approximate surface area is 108 Å². The molecular formula is H6Cl4O7Zr. The Balaban J connectivity index is -0.00000000267. The monoisotopic (exact) mass is 348 g/mol. The van der Waals surface area contributed by atoms with Gasteiger partial charge in [0.05, 0.1) is 0 Å². The van der Waals surface area contributed by atoms with E-state index in [1.807, 2.05) is 0 Å². The van der Waals surface area contributed by atoms with Gasteiger partial charge < -0.3 is 35.1 Å². The maximum atomic E-state index is 7.72. The van der Waals surface area contributed by atoms with Crippen LogP contribution in [0.4, 0.5) is 0 Å². The summed E-state index contributed by atoms with van der Waals surface area (Å²) in [5.41, 5.74) is 0. The van der Waals surface area contributed by atoms with E-state index in [1.165, 1.54) is 0 Å². The fourth-order valence-corrected chi connectivity index (χ4v) is 0. The van der Waals surface area contributed by atoms with E-state index in [0.29, 0.717) is 0 Å². The molecule has 0 saturated carbocycles. The predicted octanol–water partition coefficient (Wildman–Crippen LogP) is -4.47. The molecule has 0 aromatic heterocycles. The van der Waals surface area contributed by atoms with Crippen LogP contribution in [-0.2, 0) is 26.2 Å². The summed E-state index contributed by atoms with van der Waals surface area (Å²) in [6, 6.07) is 0. The number of halogens is 4. The van der Waals surface area contributed by atoms with E-state index >= 15 is 0 Å². The molecule has 0 aromatic rings. The van der Waals surface area contributed by atoms with Crippen molar-refractivity contribution in [3.05, 3.63) is 0 Å². The first kappa shape index (κ1) is 67.5. The van der Waals surface area contributed by atoms with Crippen molar-refractivity contribution in [2.24, 2.45) is 0 Å². The van der Waals surface area contributed by atoms with Crippen molar-refractivity contribution in [2.75, 3.05) is 0 Å². The number of rotatable bonds is 0. The van der Waals surface area contributed by atoms with E-state index in [4.69, 9.17) is 18.6 Å². The maximum Gasteiger partial charge on any atom is 4.00 e. The van der Waals surface area contributed by atoms with Crippen LogP contribution in [0.25, 0.3) is 0 Å². The van der Waals surface area contributed by atoms with Gasteiger partial charge in [-0.1, -0.05) is 0 Å². The Morgan fingerprint density at radius 1 is 0.417 bits per heavy atom. The SMILES string of the molecule is O.O.O.[O-]Cl.[O-]Cl.[O-]Cl.[O-]Cl.[Zr+4]. The fraction of sp³-hybridized carbons (Fsp3) is 0. The van der Waals surface area contributed by atoms with Gasteiger partial charge in [-0.05, 0) is 0 Å². The third kappa shape index (κ3) is 438. The standard InChI is InChI=1S/4ClO.3H2O.Zr/c4*1-2;;;;/h;;;;3*1H2;/q4*-1;;;;+4. The van der Waals surface area contributed by atoms with E-state index in [0.717, 1.165) is 0 Å². The summed E-state index contributed by atoms with van der Waals surface area (Å²) in [5, 5.41) is 0. The Morgan fingerprint density at radius 3 is 0.417 bits per heavy atom. The van der Waals surface area contributed by atoms with Crippen molar-refractivity contribution < 1.29 is 61.3 Å². The van der Waals surface area contributed by atoms with Crippen molar-refractivity contribution in [3.63, 3.8) is 0 Å². The molecule has 0 amide bonds. The minimum atomic E-state index is 0. The van der Waals surface area contributed by atoms with Gasteiger partial charge in [0.2, 0.25) is 0 Å². The predicted molar refractivity (Wildman–Crippen MR) is 34.3 cm³/mol. The van der Waals surface area contributed by atoms with Gasteiger partial charge in [-0.3, -0.25) is 0 Å². The Bertz CT molecular complexity index is 15.4. The van der Waals surface area contributed by atoms with Crippen LogP contribution in [0.3, 0.4) is 0 Å². The molecule has 0 fully saturated rings. The zero-order valence-electron chi connectivity index (χ0n) is 5.14. The van der Waals surface area contributed by atoms with Crippen LogP contribution in [0, 0.1) is 0 Å². The molecule has 7 nitrogen and oxygen atoms in total. The summed E-state index contributed by atoms with van der Waals surface area (Å²) in [7, 11) is 0. The van der Waals surface area contributed by atoms with Crippen molar-refractivity contribution in [3.8, 4) is 0 Å². The molecule has 0 aliphatic carbocycles. The second kappa shape index (κ2) is 568. The van der Waals surface area contributed by atoms with Gasteiger partial charge >= 0.3 is 26.2 Å². The third-order valence-corrected chi connectivity index (χ3v) is 0. The molecule has 0 rings (SSSR count). The van der Waals surface area contributed by atoms with E-state index < -0.39 is 0 Å². The van der Waals surface area contributed by atoms with Gasteiger partial charge in [0.15, 0.2) is 0 Å². The molecule has 0 aliphatic rings. The molecule has 12 heavy (non-hydrogen) atoms. The average Bonchev–Trinajstić information content (AvgIpc) is 2.03. The van der Waals surface area contributed by atoms with E-state index in [2.05, 4.69) is 47.5 Å². The van der Waals surface area contributed by atoms with Gasteiger partial charge in [0.1, 0.15) is 0 Å². The molecule has 80 valence electrons. The van der Waals surface area contributed by atoms with E-state index in [1.54, 1.807) is 0 Å². The summed E-state index contributed by atoms with van der Waals surface area (Å²) in [6.07, 6.45) is 0. The summed E-state index contributed by atoms with van der Waals surface area (Å²) < 4.78 is 30.9. The molecule has 0 aromatic carbocycles.